The molecule has 1 atom stereocenters. The van der Waals surface area contributed by atoms with Gasteiger partial charge in [0.15, 0.2) is 0 Å². The quantitative estimate of drug-likeness (QED) is 0.455. The minimum Gasteiger partial charge on any atom is -0.379 e. The molecule has 4 aromatic rings. The normalized spacial score (nSPS) is 16.0. The van der Waals surface area contributed by atoms with Crippen LogP contribution in [-0.2, 0) is 11.3 Å². The summed E-state index contributed by atoms with van der Waals surface area (Å²) in [4.78, 5) is 27.8. The van der Waals surface area contributed by atoms with Crippen LogP contribution >= 0.6 is 22.9 Å². The third kappa shape index (κ3) is 3.90. The van der Waals surface area contributed by atoms with Gasteiger partial charge in [-0.1, -0.05) is 23.7 Å². The molecule has 1 aliphatic rings. The highest BCUT2D eigenvalue weighted by molar-refractivity contribution is 7.15. The van der Waals surface area contributed by atoms with Crippen LogP contribution in [0.25, 0.3) is 32.6 Å². The predicted molar refractivity (Wildman–Crippen MR) is 129 cm³/mol. The number of nitrogens with zero attached hydrogens (tertiary/aromatic N) is 4. The van der Waals surface area contributed by atoms with Crippen molar-refractivity contribution in [2.45, 2.75) is 32.9 Å². The van der Waals surface area contributed by atoms with Crippen LogP contribution in [0.2, 0.25) is 5.02 Å². The van der Waals surface area contributed by atoms with Crippen LogP contribution in [0.15, 0.2) is 41.5 Å². The van der Waals surface area contributed by atoms with Gasteiger partial charge in [-0.3, -0.25) is 9.36 Å². The fourth-order valence-electron chi connectivity index (χ4n) is 3.93. The SMILES string of the molecule is CCn1c(=O)c(-c2ccc(-c3cnc(C)s3)cc2Cl)cc2cnc(N[C@@H]3CCOC3)nc21. The Bertz CT molecular complexity index is 1360. The number of aryl methyl sites for hydroxylation is 2. The molecule has 9 heteroatoms. The summed E-state index contributed by atoms with van der Waals surface area (Å²) < 4.78 is 7.07. The molecule has 3 aromatic heterocycles. The van der Waals surface area contributed by atoms with Crippen molar-refractivity contribution in [3.05, 3.63) is 57.0 Å². The number of thiazole rings is 1. The molecule has 0 aliphatic carbocycles. The number of nitrogens with one attached hydrogen (secondary N) is 1. The van der Waals surface area contributed by atoms with Crippen LogP contribution in [0.5, 0.6) is 0 Å². The Hall–Kier alpha value is -2.81. The Balaban J connectivity index is 1.57. The highest BCUT2D eigenvalue weighted by atomic mass is 35.5. The maximum atomic E-state index is 13.4. The Labute approximate surface area is 194 Å². The molecule has 0 bridgehead atoms. The number of aromatic nitrogens is 4. The molecule has 164 valence electrons. The van der Waals surface area contributed by atoms with E-state index >= 15 is 0 Å². The molecule has 0 saturated carbocycles. The molecular weight excluding hydrogens is 446 g/mol. The lowest BCUT2D eigenvalue weighted by Crippen LogP contribution is -2.24. The lowest BCUT2D eigenvalue weighted by Gasteiger charge is -2.14. The summed E-state index contributed by atoms with van der Waals surface area (Å²) in [5.41, 5.74) is 2.68. The number of rotatable bonds is 5. The lowest BCUT2D eigenvalue weighted by atomic mass is 10.0. The molecule has 1 aliphatic heterocycles. The smallest absolute Gasteiger partial charge is 0.260 e. The van der Waals surface area contributed by atoms with Gasteiger partial charge in [0, 0.05) is 47.1 Å². The van der Waals surface area contributed by atoms with E-state index in [0.29, 0.717) is 40.9 Å². The first kappa shape index (κ1) is 21.1. The van der Waals surface area contributed by atoms with Crippen LogP contribution in [-0.4, -0.2) is 38.8 Å². The van der Waals surface area contributed by atoms with Crippen molar-refractivity contribution < 1.29 is 4.74 Å². The number of anilines is 1. The van der Waals surface area contributed by atoms with Crippen molar-refractivity contribution in [2.24, 2.45) is 0 Å². The fraction of sp³-hybridized carbons (Fsp3) is 0.304. The molecule has 0 amide bonds. The summed E-state index contributed by atoms with van der Waals surface area (Å²) in [7, 11) is 0. The molecule has 1 saturated heterocycles. The molecular formula is C23H22ClN5O2S. The maximum Gasteiger partial charge on any atom is 0.260 e. The summed E-state index contributed by atoms with van der Waals surface area (Å²) in [6.07, 6.45) is 4.50. The second kappa shape index (κ2) is 8.61. The molecule has 1 fully saturated rings. The number of fused-ring (bicyclic) bond motifs is 1. The van der Waals surface area contributed by atoms with Gasteiger partial charge < -0.3 is 10.1 Å². The number of halogens is 1. The zero-order chi connectivity index (χ0) is 22.2. The molecule has 7 nitrogen and oxygen atoms in total. The van der Waals surface area contributed by atoms with E-state index in [1.807, 2.05) is 44.3 Å². The molecule has 4 heterocycles. The lowest BCUT2D eigenvalue weighted by molar-refractivity contribution is 0.195. The van der Waals surface area contributed by atoms with Crippen molar-refractivity contribution in [1.82, 2.24) is 19.5 Å². The molecule has 32 heavy (non-hydrogen) atoms. The standard InChI is InChI=1S/C23H22ClN5O2S/c1-3-29-21-15(10-26-23(28-21)27-16-6-7-31-12-16)8-18(22(29)30)17-5-4-14(9-19(17)24)20-11-25-13(2)32-20/h4-5,8-11,16H,3,6-7,12H2,1-2H3,(H,26,27,28)/t16-/m1/s1. The predicted octanol–water partition coefficient (Wildman–Crippen LogP) is 4.76. The summed E-state index contributed by atoms with van der Waals surface area (Å²) in [5.74, 6) is 0.504. The number of ether oxygens (including phenoxy) is 1. The summed E-state index contributed by atoms with van der Waals surface area (Å²) >= 11 is 8.25. The topological polar surface area (TPSA) is 81.9 Å². The van der Waals surface area contributed by atoms with E-state index in [2.05, 4.69) is 20.3 Å². The zero-order valence-electron chi connectivity index (χ0n) is 17.8. The van der Waals surface area contributed by atoms with Crippen LogP contribution in [0.1, 0.15) is 18.4 Å². The Kier molecular flexibility index (Phi) is 5.67. The monoisotopic (exact) mass is 467 g/mol. The Morgan fingerprint density at radius 1 is 1.25 bits per heavy atom. The molecule has 0 radical (unpaired) electrons. The zero-order valence-corrected chi connectivity index (χ0v) is 19.3. The summed E-state index contributed by atoms with van der Waals surface area (Å²) in [6.45, 7) is 5.76. The van der Waals surface area contributed by atoms with Gasteiger partial charge >= 0.3 is 0 Å². The highest BCUT2D eigenvalue weighted by Crippen LogP contribution is 2.34. The average Bonchev–Trinajstić information content (AvgIpc) is 3.45. The first-order valence-corrected chi connectivity index (χ1v) is 11.7. The van der Waals surface area contributed by atoms with Gasteiger partial charge in [-0.05, 0) is 38.0 Å². The first-order valence-electron chi connectivity index (χ1n) is 10.5. The van der Waals surface area contributed by atoms with Crippen molar-refractivity contribution in [2.75, 3.05) is 18.5 Å². The molecule has 0 unspecified atom stereocenters. The van der Waals surface area contributed by atoms with Gasteiger partial charge in [-0.2, -0.15) is 4.98 Å². The van der Waals surface area contributed by atoms with Gasteiger partial charge in [-0.25, -0.2) is 9.97 Å². The van der Waals surface area contributed by atoms with E-state index in [-0.39, 0.29) is 11.6 Å². The van der Waals surface area contributed by atoms with Crippen LogP contribution in [0.3, 0.4) is 0 Å². The molecule has 1 N–H and O–H groups in total. The number of hydrogen-bond donors (Lipinski definition) is 1. The number of hydrogen-bond acceptors (Lipinski definition) is 7. The maximum absolute atomic E-state index is 13.4. The van der Waals surface area contributed by atoms with Crippen LogP contribution < -0.4 is 10.9 Å². The van der Waals surface area contributed by atoms with Crippen LogP contribution in [0.4, 0.5) is 5.95 Å². The van der Waals surface area contributed by atoms with Gasteiger partial charge in [0.25, 0.3) is 5.56 Å². The second-order valence-electron chi connectivity index (χ2n) is 7.72. The van der Waals surface area contributed by atoms with Crippen molar-refractivity contribution in [3.8, 4) is 21.6 Å². The van der Waals surface area contributed by atoms with E-state index in [0.717, 1.165) is 33.9 Å². The van der Waals surface area contributed by atoms with Crippen LogP contribution in [0, 0.1) is 6.92 Å². The second-order valence-corrected chi connectivity index (χ2v) is 9.36. The van der Waals surface area contributed by atoms with Crippen molar-refractivity contribution in [1.29, 1.82) is 0 Å². The number of pyridine rings is 1. The third-order valence-electron chi connectivity index (χ3n) is 5.57. The molecule has 1 aromatic carbocycles. The Morgan fingerprint density at radius 2 is 2.12 bits per heavy atom. The van der Waals surface area contributed by atoms with E-state index in [1.54, 1.807) is 22.1 Å². The minimum absolute atomic E-state index is 0.128. The third-order valence-corrected chi connectivity index (χ3v) is 6.85. The summed E-state index contributed by atoms with van der Waals surface area (Å²) in [5, 5.41) is 5.60. The largest absolute Gasteiger partial charge is 0.379 e. The van der Waals surface area contributed by atoms with Gasteiger partial charge in [0.05, 0.1) is 22.5 Å². The van der Waals surface area contributed by atoms with Crippen molar-refractivity contribution in [3.63, 3.8) is 0 Å². The summed E-state index contributed by atoms with van der Waals surface area (Å²) in [6, 6.07) is 7.77. The van der Waals surface area contributed by atoms with Gasteiger partial charge in [-0.15, -0.1) is 11.3 Å². The average molecular weight is 468 g/mol. The Morgan fingerprint density at radius 3 is 2.81 bits per heavy atom. The minimum atomic E-state index is -0.128. The molecule has 5 rings (SSSR count). The van der Waals surface area contributed by atoms with E-state index in [1.165, 1.54) is 0 Å². The number of benzene rings is 1. The van der Waals surface area contributed by atoms with Crippen molar-refractivity contribution >= 4 is 39.9 Å². The van der Waals surface area contributed by atoms with E-state index in [4.69, 9.17) is 16.3 Å². The van der Waals surface area contributed by atoms with E-state index < -0.39 is 0 Å². The first-order chi connectivity index (χ1) is 15.5. The van der Waals surface area contributed by atoms with Gasteiger partial charge in [0.2, 0.25) is 5.95 Å². The highest BCUT2D eigenvalue weighted by Gasteiger charge is 2.18. The van der Waals surface area contributed by atoms with E-state index in [9.17, 15) is 4.79 Å². The fourth-order valence-corrected chi connectivity index (χ4v) is 4.98. The van der Waals surface area contributed by atoms with Gasteiger partial charge in [0.1, 0.15) is 5.65 Å². The molecule has 0 spiro atoms.